The van der Waals surface area contributed by atoms with Gasteiger partial charge in [-0.3, -0.25) is 4.79 Å². The second-order valence-electron chi connectivity index (χ2n) is 5.23. The number of benzene rings is 2. The fourth-order valence-corrected chi connectivity index (χ4v) is 3.04. The van der Waals surface area contributed by atoms with E-state index in [-0.39, 0.29) is 5.56 Å². The number of ether oxygens (including phenoxy) is 2. The Morgan fingerprint density at radius 1 is 1.25 bits per heavy atom. The van der Waals surface area contributed by atoms with Crippen LogP contribution in [0.15, 0.2) is 34.8 Å². The van der Waals surface area contributed by atoms with E-state index in [1.165, 1.54) is 12.1 Å². The molecule has 0 saturated heterocycles. The van der Waals surface area contributed by atoms with E-state index in [1.54, 1.807) is 12.1 Å². The Morgan fingerprint density at radius 3 is 2.88 bits per heavy atom. The number of hydrogen-bond acceptors (Lipinski definition) is 3. The highest BCUT2D eigenvalue weighted by Gasteiger charge is 2.17. The summed E-state index contributed by atoms with van der Waals surface area (Å²) in [5.41, 5.74) is 0.906. The van der Waals surface area contributed by atoms with Crippen LogP contribution in [0.3, 0.4) is 0 Å². The van der Waals surface area contributed by atoms with E-state index in [1.807, 2.05) is 6.07 Å². The van der Waals surface area contributed by atoms with Crippen molar-refractivity contribution in [3.63, 3.8) is 0 Å². The molecule has 0 radical (unpaired) electrons. The molecule has 3 rings (SSSR count). The summed E-state index contributed by atoms with van der Waals surface area (Å²) in [6.07, 6.45) is 0.539. The Kier molecular flexibility index (Phi) is 5.26. The lowest BCUT2D eigenvalue weighted by molar-refractivity contribution is 0.0950. The number of halogens is 3. The summed E-state index contributed by atoms with van der Waals surface area (Å²) in [4.78, 5) is 12.1. The van der Waals surface area contributed by atoms with Crippen molar-refractivity contribution in [1.29, 1.82) is 0 Å². The minimum atomic E-state index is -0.557. The van der Waals surface area contributed by atoms with E-state index in [0.29, 0.717) is 47.2 Å². The van der Waals surface area contributed by atoms with Crippen molar-refractivity contribution < 1.29 is 18.7 Å². The van der Waals surface area contributed by atoms with Gasteiger partial charge in [0.1, 0.15) is 19.0 Å². The van der Waals surface area contributed by atoms with Gasteiger partial charge < -0.3 is 14.8 Å². The first-order chi connectivity index (χ1) is 11.5. The molecule has 24 heavy (non-hydrogen) atoms. The minimum absolute atomic E-state index is 0.00424. The number of amides is 1. The number of carbonyl (C=O) groups is 1. The number of hydrogen-bond donors (Lipinski definition) is 1. The third kappa shape index (κ3) is 3.82. The zero-order valence-corrected chi connectivity index (χ0v) is 14.9. The van der Waals surface area contributed by atoms with Gasteiger partial charge in [0.15, 0.2) is 11.5 Å². The lowest BCUT2D eigenvalue weighted by atomic mass is 10.1. The molecule has 0 saturated carbocycles. The van der Waals surface area contributed by atoms with Gasteiger partial charge in [-0.15, -0.1) is 0 Å². The van der Waals surface area contributed by atoms with Crippen molar-refractivity contribution in [2.24, 2.45) is 0 Å². The quantitative estimate of drug-likeness (QED) is 0.823. The molecular weight excluding hydrogens is 401 g/mol. The van der Waals surface area contributed by atoms with Crippen LogP contribution in [0.5, 0.6) is 11.5 Å². The molecule has 0 fully saturated rings. The zero-order chi connectivity index (χ0) is 17.1. The SMILES string of the molecule is O=C(NCCc1cc(Cl)c2c(c1)OCCO2)c1cc(Br)ccc1F. The smallest absolute Gasteiger partial charge is 0.254 e. The molecule has 1 heterocycles. The van der Waals surface area contributed by atoms with Crippen LogP contribution in [0.4, 0.5) is 4.39 Å². The molecule has 0 spiro atoms. The van der Waals surface area contributed by atoms with Crippen molar-refractivity contribution in [2.45, 2.75) is 6.42 Å². The van der Waals surface area contributed by atoms with Gasteiger partial charge in [-0.25, -0.2) is 4.39 Å². The van der Waals surface area contributed by atoms with Crippen LogP contribution < -0.4 is 14.8 Å². The van der Waals surface area contributed by atoms with Gasteiger partial charge in [0.25, 0.3) is 5.91 Å². The van der Waals surface area contributed by atoms with Crippen LogP contribution in [0.25, 0.3) is 0 Å². The highest BCUT2D eigenvalue weighted by Crippen LogP contribution is 2.38. The van der Waals surface area contributed by atoms with Gasteiger partial charge >= 0.3 is 0 Å². The highest BCUT2D eigenvalue weighted by atomic mass is 79.9. The number of fused-ring (bicyclic) bond motifs is 1. The Bertz CT molecular complexity index is 785. The Hall–Kier alpha value is -1.79. The van der Waals surface area contributed by atoms with Crippen LogP contribution in [0.1, 0.15) is 15.9 Å². The summed E-state index contributed by atoms with van der Waals surface area (Å²) in [5.74, 6) is 0.135. The fourth-order valence-electron chi connectivity index (χ4n) is 2.40. The van der Waals surface area contributed by atoms with Crippen LogP contribution in [-0.2, 0) is 6.42 Å². The summed E-state index contributed by atoms with van der Waals surface area (Å²) in [5, 5.41) is 3.18. The normalized spacial score (nSPS) is 12.8. The predicted octanol–water partition coefficient (Wildman–Crippen LogP) is 3.99. The average molecular weight is 415 g/mol. The minimum Gasteiger partial charge on any atom is -0.486 e. The second-order valence-corrected chi connectivity index (χ2v) is 6.55. The molecule has 1 amide bonds. The van der Waals surface area contributed by atoms with Crippen molar-refractivity contribution >= 4 is 33.4 Å². The molecule has 2 aromatic rings. The van der Waals surface area contributed by atoms with E-state index < -0.39 is 11.7 Å². The molecule has 126 valence electrons. The van der Waals surface area contributed by atoms with Gasteiger partial charge in [-0.2, -0.15) is 0 Å². The van der Waals surface area contributed by atoms with Crippen LogP contribution in [0.2, 0.25) is 5.02 Å². The molecule has 0 unspecified atom stereocenters. The molecular formula is C17H14BrClFNO3. The van der Waals surface area contributed by atoms with Gasteiger partial charge in [0, 0.05) is 11.0 Å². The highest BCUT2D eigenvalue weighted by molar-refractivity contribution is 9.10. The van der Waals surface area contributed by atoms with E-state index in [9.17, 15) is 9.18 Å². The maximum atomic E-state index is 13.7. The zero-order valence-electron chi connectivity index (χ0n) is 12.6. The summed E-state index contributed by atoms with van der Waals surface area (Å²) < 4.78 is 25.3. The first kappa shape index (κ1) is 17.0. The van der Waals surface area contributed by atoms with Gasteiger partial charge in [0.05, 0.1) is 10.6 Å². The van der Waals surface area contributed by atoms with Gasteiger partial charge in [-0.05, 0) is 42.3 Å². The summed E-state index contributed by atoms with van der Waals surface area (Å²) >= 11 is 9.40. The summed E-state index contributed by atoms with van der Waals surface area (Å²) in [6.45, 7) is 1.30. The third-order valence-electron chi connectivity index (χ3n) is 3.53. The van der Waals surface area contributed by atoms with Crippen LogP contribution in [0, 0.1) is 5.82 Å². The van der Waals surface area contributed by atoms with E-state index in [2.05, 4.69) is 21.2 Å². The van der Waals surface area contributed by atoms with Gasteiger partial charge in [0.2, 0.25) is 0 Å². The first-order valence-electron chi connectivity index (χ1n) is 7.36. The molecule has 0 atom stereocenters. The van der Waals surface area contributed by atoms with Crippen molar-refractivity contribution in [2.75, 3.05) is 19.8 Å². The molecule has 1 aliphatic heterocycles. The van der Waals surface area contributed by atoms with Crippen LogP contribution in [-0.4, -0.2) is 25.7 Å². The molecule has 0 bridgehead atoms. The molecule has 4 nitrogen and oxygen atoms in total. The molecule has 1 N–H and O–H groups in total. The summed E-state index contributed by atoms with van der Waals surface area (Å²) in [6, 6.07) is 7.86. The molecule has 0 aliphatic carbocycles. The third-order valence-corrected chi connectivity index (χ3v) is 4.30. The number of nitrogens with one attached hydrogen (secondary N) is 1. The topological polar surface area (TPSA) is 47.6 Å². The summed E-state index contributed by atoms with van der Waals surface area (Å²) in [7, 11) is 0. The number of carbonyl (C=O) groups excluding carboxylic acids is 1. The van der Waals surface area contributed by atoms with Gasteiger partial charge in [-0.1, -0.05) is 27.5 Å². The van der Waals surface area contributed by atoms with Crippen LogP contribution >= 0.6 is 27.5 Å². The maximum absolute atomic E-state index is 13.7. The van der Waals surface area contributed by atoms with E-state index >= 15 is 0 Å². The Balaban J connectivity index is 1.63. The van der Waals surface area contributed by atoms with E-state index in [4.69, 9.17) is 21.1 Å². The lowest BCUT2D eigenvalue weighted by Crippen LogP contribution is -2.26. The fraction of sp³-hybridized carbons (Fsp3) is 0.235. The molecule has 2 aromatic carbocycles. The Morgan fingerprint density at radius 2 is 2.04 bits per heavy atom. The number of rotatable bonds is 4. The maximum Gasteiger partial charge on any atom is 0.254 e. The lowest BCUT2D eigenvalue weighted by Gasteiger charge is -2.20. The Labute approximate surface area is 152 Å². The predicted molar refractivity (Wildman–Crippen MR) is 92.6 cm³/mol. The molecule has 1 aliphatic rings. The van der Waals surface area contributed by atoms with Crippen molar-refractivity contribution in [1.82, 2.24) is 5.32 Å². The van der Waals surface area contributed by atoms with Crippen molar-refractivity contribution in [3.05, 3.63) is 56.8 Å². The molecule has 7 heteroatoms. The van der Waals surface area contributed by atoms with Crippen molar-refractivity contribution in [3.8, 4) is 11.5 Å². The largest absolute Gasteiger partial charge is 0.486 e. The first-order valence-corrected chi connectivity index (χ1v) is 8.53. The molecule has 0 aromatic heterocycles. The standard InChI is InChI=1S/C17H14BrClFNO3/c18-11-1-2-14(20)12(9-11)17(22)21-4-3-10-7-13(19)16-15(8-10)23-5-6-24-16/h1-2,7-9H,3-6H2,(H,21,22). The van der Waals surface area contributed by atoms with E-state index in [0.717, 1.165) is 5.56 Å². The average Bonchev–Trinajstić information content (AvgIpc) is 2.57. The monoisotopic (exact) mass is 413 g/mol. The second kappa shape index (κ2) is 7.40.